The van der Waals surface area contributed by atoms with Gasteiger partial charge < -0.3 is 9.72 Å². The van der Waals surface area contributed by atoms with Gasteiger partial charge in [-0.3, -0.25) is 0 Å². The Kier molecular flexibility index (Phi) is 5.66. The van der Waals surface area contributed by atoms with Gasteiger partial charge in [-0.05, 0) is 69.5 Å². The SMILES string of the molecule is N#CC(=Cc1ccc(OCc2ccc(Cl)cc2)c(Br)c1)c1nc2ccccc2[nH]1. The number of nitriles is 1. The fourth-order valence-corrected chi connectivity index (χ4v) is 3.50. The monoisotopic (exact) mass is 463 g/mol. The van der Waals surface area contributed by atoms with Crippen molar-refractivity contribution in [3.63, 3.8) is 0 Å². The molecule has 1 N–H and O–H groups in total. The molecule has 0 amide bonds. The van der Waals surface area contributed by atoms with Gasteiger partial charge in [0.05, 0.1) is 21.1 Å². The second-order valence-corrected chi connectivity index (χ2v) is 7.67. The number of nitrogens with zero attached hydrogens (tertiary/aromatic N) is 2. The van der Waals surface area contributed by atoms with Gasteiger partial charge in [-0.15, -0.1) is 0 Å². The molecule has 0 unspecified atom stereocenters. The van der Waals surface area contributed by atoms with Gasteiger partial charge in [-0.1, -0.05) is 41.9 Å². The van der Waals surface area contributed by atoms with Crippen molar-refractivity contribution in [3.05, 3.63) is 93.2 Å². The van der Waals surface area contributed by atoms with Crippen LogP contribution in [-0.4, -0.2) is 9.97 Å². The molecule has 0 aliphatic heterocycles. The van der Waals surface area contributed by atoms with Crippen molar-refractivity contribution < 1.29 is 4.74 Å². The number of para-hydroxylation sites is 2. The number of benzene rings is 3. The minimum absolute atomic E-state index is 0.438. The summed E-state index contributed by atoms with van der Waals surface area (Å²) in [5, 5.41) is 10.3. The molecule has 1 aromatic heterocycles. The summed E-state index contributed by atoms with van der Waals surface area (Å²) < 4.78 is 6.69. The first-order valence-electron chi connectivity index (χ1n) is 8.86. The summed E-state index contributed by atoms with van der Waals surface area (Å²) in [5.41, 5.74) is 4.09. The summed E-state index contributed by atoms with van der Waals surface area (Å²) >= 11 is 9.46. The van der Waals surface area contributed by atoms with Crippen molar-refractivity contribution in [2.45, 2.75) is 6.61 Å². The summed E-state index contributed by atoms with van der Waals surface area (Å²) in [6, 6.07) is 23.1. The highest BCUT2D eigenvalue weighted by atomic mass is 79.9. The topological polar surface area (TPSA) is 61.7 Å². The van der Waals surface area contributed by atoms with Crippen LogP contribution in [0.15, 0.2) is 71.2 Å². The lowest BCUT2D eigenvalue weighted by Crippen LogP contribution is -1.96. The van der Waals surface area contributed by atoms with Crippen LogP contribution in [0, 0.1) is 11.3 Å². The summed E-state index contributed by atoms with van der Waals surface area (Å²) in [5.74, 6) is 1.27. The largest absolute Gasteiger partial charge is 0.488 e. The molecule has 0 atom stereocenters. The number of imidazole rings is 1. The number of ether oxygens (including phenoxy) is 1. The molecule has 0 aliphatic carbocycles. The summed E-state index contributed by atoms with van der Waals surface area (Å²) in [4.78, 5) is 7.68. The van der Waals surface area contributed by atoms with Gasteiger partial charge in [0.15, 0.2) is 0 Å². The van der Waals surface area contributed by atoms with Crippen molar-refractivity contribution in [1.82, 2.24) is 9.97 Å². The molecule has 0 saturated heterocycles. The number of halogens is 2. The maximum absolute atomic E-state index is 9.60. The molecule has 4 aromatic rings. The van der Waals surface area contributed by atoms with Gasteiger partial charge in [-0.25, -0.2) is 4.98 Å². The van der Waals surface area contributed by atoms with Crippen LogP contribution in [0.4, 0.5) is 0 Å². The van der Waals surface area contributed by atoms with Gasteiger partial charge in [0.1, 0.15) is 24.3 Å². The third kappa shape index (κ3) is 4.51. The van der Waals surface area contributed by atoms with Gasteiger partial charge in [0, 0.05) is 5.02 Å². The highest BCUT2D eigenvalue weighted by Gasteiger charge is 2.09. The van der Waals surface area contributed by atoms with E-state index in [1.807, 2.05) is 66.7 Å². The molecule has 4 nitrogen and oxygen atoms in total. The van der Waals surface area contributed by atoms with E-state index in [2.05, 4.69) is 32.0 Å². The highest BCUT2D eigenvalue weighted by Crippen LogP contribution is 2.29. The van der Waals surface area contributed by atoms with E-state index in [1.54, 1.807) is 6.08 Å². The second kappa shape index (κ2) is 8.52. The van der Waals surface area contributed by atoms with E-state index < -0.39 is 0 Å². The molecule has 0 saturated carbocycles. The Morgan fingerprint density at radius 2 is 1.93 bits per heavy atom. The summed E-state index contributed by atoms with van der Waals surface area (Å²) in [6.45, 7) is 0.438. The number of allylic oxidation sites excluding steroid dienone is 1. The van der Waals surface area contributed by atoms with E-state index in [1.165, 1.54) is 0 Å². The quantitative estimate of drug-likeness (QED) is 0.337. The lowest BCUT2D eigenvalue weighted by Gasteiger charge is -2.09. The van der Waals surface area contributed by atoms with Crippen molar-refractivity contribution in [1.29, 1.82) is 5.26 Å². The Bertz CT molecular complexity index is 1210. The van der Waals surface area contributed by atoms with E-state index in [0.29, 0.717) is 23.0 Å². The summed E-state index contributed by atoms with van der Waals surface area (Å²) in [6.07, 6.45) is 1.80. The van der Waals surface area contributed by atoms with Gasteiger partial charge >= 0.3 is 0 Å². The molecule has 0 radical (unpaired) electrons. The van der Waals surface area contributed by atoms with E-state index in [9.17, 15) is 5.26 Å². The highest BCUT2D eigenvalue weighted by molar-refractivity contribution is 9.10. The third-order valence-corrected chi connectivity index (χ3v) is 5.21. The molecule has 0 bridgehead atoms. The van der Waals surface area contributed by atoms with Gasteiger partial charge in [0.2, 0.25) is 0 Å². The Morgan fingerprint density at radius 3 is 2.66 bits per heavy atom. The number of rotatable bonds is 5. The Labute approximate surface area is 181 Å². The number of H-pyrrole nitrogens is 1. The molecular formula is C23H15BrClN3O. The molecule has 3 aromatic carbocycles. The molecule has 0 aliphatic rings. The predicted molar refractivity (Wildman–Crippen MR) is 120 cm³/mol. The number of hydrogen-bond donors (Lipinski definition) is 1. The van der Waals surface area contributed by atoms with Crippen LogP contribution < -0.4 is 4.74 Å². The molecule has 142 valence electrons. The van der Waals surface area contributed by atoms with Crippen LogP contribution in [0.5, 0.6) is 5.75 Å². The molecular weight excluding hydrogens is 450 g/mol. The molecule has 1 heterocycles. The zero-order valence-electron chi connectivity index (χ0n) is 15.2. The number of aromatic nitrogens is 2. The fraction of sp³-hybridized carbons (Fsp3) is 0.0435. The zero-order valence-corrected chi connectivity index (χ0v) is 17.5. The predicted octanol–water partition coefficient (Wildman–Crippen LogP) is 6.62. The smallest absolute Gasteiger partial charge is 0.149 e. The van der Waals surface area contributed by atoms with Crippen LogP contribution in [0.3, 0.4) is 0 Å². The van der Waals surface area contributed by atoms with Crippen molar-refractivity contribution in [2.75, 3.05) is 0 Å². The maximum Gasteiger partial charge on any atom is 0.149 e. The van der Waals surface area contributed by atoms with Gasteiger partial charge in [-0.2, -0.15) is 5.26 Å². The Morgan fingerprint density at radius 1 is 1.14 bits per heavy atom. The average molecular weight is 465 g/mol. The van der Waals surface area contributed by atoms with Crippen molar-refractivity contribution >= 4 is 50.2 Å². The average Bonchev–Trinajstić information content (AvgIpc) is 3.16. The molecule has 6 heteroatoms. The van der Waals surface area contributed by atoms with Crippen LogP contribution in [0.25, 0.3) is 22.7 Å². The molecule has 4 rings (SSSR count). The number of aromatic amines is 1. The first-order chi connectivity index (χ1) is 14.1. The number of hydrogen-bond acceptors (Lipinski definition) is 3. The number of nitrogens with one attached hydrogen (secondary N) is 1. The first kappa shape index (κ1) is 19.3. The van der Waals surface area contributed by atoms with Crippen LogP contribution >= 0.6 is 27.5 Å². The van der Waals surface area contributed by atoms with E-state index in [4.69, 9.17) is 16.3 Å². The van der Waals surface area contributed by atoms with Gasteiger partial charge in [0.25, 0.3) is 0 Å². The molecule has 0 fully saturated rings. The second-order valence-electron chi connectivity index (χ2n) is 6.38. The standard InChI is InChI=1S/C23H15BrClN3O/c24-19-12-16(7-10-22(19)29-14-15-5-8-18(25)9-6-15)11-17(13-26)23-27-20-3-1-2-4-21(20)28-23/h1-12H,14H2,(H,27,28). The fourth-order valence-electron chi connectivity index (χ4n) is 2.87. The van der Waals surface area contributed by atoms with E-state index in [0.717, 1.165) is 32.4 Å². The van der Waals surface area contributed by atoms with Crippen molar-refractivity contribution in [2.24, 2.45) is 0 Å². The number of fused-ring (bicyclic) bond motifs is 1. The maximum atomic E-state index is 9.60. The van der Waals surface area contributed by atoms with E-state index >= 15 is 0 Å². The zero-order chi connectivity index (χ0) is 20.2. The first-order valence-corrected chi connectivity index (χ1v) is 10.0. The lowest BCUT2D eigenvalue weighted by molar-refractivity contribution is 0.304. The molecule has 29 heavy (non-hydrogen) atoms. The summed E-state index contributed by atoms with van der Waals surface area (Å²) in [7, 11) is 0. The Balaban J connectivity index is 1.54. The third-order valence-electron chi connectivity index (χ3n) is 4.34. The normalized spacial score (nSPS) is 11.4. The van der Waals surface area contributed by atoms with Crippen LogP contribution in [0.1, 0.15) is 17.0 Å². The minimum atomic E-state index is 0.438. The van der Waals surface area contributed by atoms with Crippen molar-refractivity contribution in [3.8, 4) is 11.8 Å². The molecule has 0 spiro atoms. The lowest BCUT2D eigenvalue weighted by atomic mass is 10.1. The van der Waals surface area contributed by atoms with Crippen LogP contribution in [0.2, 0.25) is 5.02 Å². The van der Waals surface area contributed by atoms with Crippen LogP contribution in [-0.2, 0) is 6.61 Å². The minimum Gasteiger partial charge on any atom is -0.488 e. The Hall–Kier alpha value is -3.07. The van der Waals surface area contributed by atoms with E-state index in [-0.39, 0.29) is 0 Å².